The monoisotopic (exact) mass is 388 g/mol. The molecule has 0 saturated carbocycles. The molecule has 0 fully saturated rings. The van der Waals surface area contributed by atoms with Gasteiger partial charge in [-0.3, -0.25) is 9.78 Å². The van der Waals surface area contributed by atoms with E-state index in [0.29, 0.717) is 21.7 Å². The summed E-state index contributed by atoms with van der Waals surface area (Å²) in [4.78, 5) is 18.1. The number of aryl methyl sites for hydroxylation is 1. The lowest BCUT2D eigenvalue weighted by molar-refractivity contribution is 0.102. The van der Waals surface area contributed by atoms with Gasteiger partial charge in [-0.1, -0.05) is 35.9 Å². The van der Waals surface area contributed by atoms with Gasteiger partial charge in [-0.25, -0.2) is 0 Å². The predicted molar refractivity (Wildman–Crippen MR) is 112 cm³/mol. The highest BCUT2D eigenvalue weighted by molar-refractivity contribution is 6.31. The summed E-state index contributed by atoms with van der Waals surface area (Å²) in [5.74, 6) is 0.0132. The van der Waals surface area contributed by atoms with E-state index in [9.17, 15) is 9.90 Å². The highest BCUT2D eigenvalue weighted by Gasteiger charge is 2.24. The minimum absolute atomic E-state index is 0.177. The Kier molecular flexibility index (Phi) is 3.95. The molecule has 4 aromatic rings. The van der Waals surface area contributed by atoms with E-state index in [1.54, 1.807) is 18.2 Å². The number of carbonyl (C=O) groups is 1. The predicted octanol–water partition coefficient (Wildman–Crippen LogP) is 5.49. The van der Waals surface area contributed by atoms with Gasteiger partial charge in [-0.05, 0) is 55.2 Å². The molecule has 0 radical (unpaired) electrons. The minimum atomic E-state index is -0.177. The molecule has 1 heterocycles. The fourth-order valence-corrected chi connectivity index (χ4v) is 4.25. The third kappa shape index (κ3) is 2.69. The minimum Gasteiger partial charge on any atom is -0.507 e. The number of halogens is 1. The maximum atomic E-state index is 13.4. The quantitative estimate of drug-likeness (QED) is 0.477. The lowest BCUT2D eigenvalue weighted by atomic mass is 10.00. The number of phenols is 1. The number of aromatic nitrogens is 1. The summed E-state index contributed by atoms with van der Waals surface area (Å²) in [5.41, 5.74) is 4.10. The molecule has 0 unspecified atom stereocenters. The van der Waals surface area contributed by atoms with Gasteiger partial charge in [0.05, 0.1) is 11.1 Å². The van der Waals surface area contributed by atoms with Crippen molar-refractivity contribution >= 4 is 44.9 Å². The van der Waals surface area contributed by atoms with Crippen LogP contribution >= 0.6 is 11.6 Å². The first-order valence-corrected chi connectivity index (χ1v) is 9.63. The van der Waals surface area contributed by atoms with E-state index in [-0.39, 0.29) is 11.7 Å². The van der Waals surface area contributed by atoms with Crippen LogP contribution in [0.4, 0.5) is 5.69 Å². The van der Waals surface area contributed by atoms with E-state index in [0.717, 1.165) is 46.8 Å². The van der Waals surface area contributed by atoms with Gasteiger partial charge >= 0.3 is 0 Å². The molecule has 0 spiro atoms. The molecule has 2 N–H and O–H groups in total. The Morgan fingerprint density at radius 1 is 1.00 bits per heavy atom. The molecule has 3 aromatic carbocycles. The van der Waals surface area contributed by atoms with Crippen molar-refractivity contribution < 1.29 is 9.90 Å². The van der Waals surface area contributed by atoms with Gasteiger partial charge in [0, 0.05) is 32.6 Å². The van der Waals surface area contributed by atoms with Crippen molar-refractivity contribution in [3.63, 3.8) is 0 Å². The summed E-state index contributed by atoms with van der Waals surface area (Å²) in [7, 11) is 0. The van der Waals surface area contributed by atoms with Crippen LogP contribution in [0.2, 0.25) is 5.02 Å². The largest absolute Gasteiger partial charge is 0.507 e. The van der Waals surface area contributed by atoms with Gasteiger partial charge in [0.1, 0.15) is 5.75 Å². The van der Waals surface area contributed by atoms with Crippen LogP contribution in [-0.4, -0.2) is 16.0 Å². The molecule has 1 aliphatic rings. The maximum absolute atomic E-state index is 13.4. The van der Waals surface area contributed by atoms with Crippen molar-refractivity contribution in [1.29, 1.82) is 0 Å². The van der Waals surface area contributed by atoms with Gasteiger partial charge in [-0.15, -0.1) is 0 Å². The summed E-state index contributed by atoms with van der Waals surface area (Å²) in [6, 6.07) is 16.3. The average molecular weight is 389 g/mol. The number of anilines is 1. The summed E-state index contributed by atoms with van der Waals surface area (Å²) >= 11 is 6.21. The zero-order valence-corrected chi connectivity index (χ0v) is 15.8. The molecular formula is C23H17ClN2O2. The molecule has 0 aliphatic heterocycles. The molecule has 0 atom stereocenters. The Morgan fingerprint density at radius 3 is 2.71 bits per heavy atom. The number of nitrogens with zero attached hydrogens (tertiary/aromatic N) is 1. The van der Waals surface area contributed by atoms with E-state index < -0.39 is 0 Å². The molecule has 4 nitrogen and oxygen atoms in total. The highest BCUT2D eigenvalue weighted by atomic mass is 35.5. The number of hydrogen-bond donors (Lipinski definition) is 2. The van der Waals surface area contributed by atoms with Crippen molar-refractivity contribution in [2.75, 3.05) is 5.32 Å². The van der Waals surface area contributed by atoms with E-state index >= 15 is 0 Å². The van der Waals surface area contributed by atoms with E-state index in [2.05, 4.69) is 5.32 Å². The summed E-state index contributed by atoms with van der Waals surface area (Å²) < 4.78 is 0. The van der Waals surface area contributed by atoms with Crippen molar-refractivity contribution in [3.8, 4) is 5.75 Å². The summed E-state index contributed by atoms with van der Waals surface area (Å²) in [5, 5.41) is 16.0. The molecular weight excluding hydrogens is 372 g/mol. The number of amides is 1. The number of benzene rings is 3. The first kappa shape index (κ1) is 17.0. The van der Waals surface area contributed by atoms with Crippen molar-refractivity contribution in [3.05, 3.63) is 76.4 Å². The number of pyridine rings is 1. The molecule has 1 aliphatic carbocycles. The molecule has 1 aromatic heterocycles. The molecule has 28 heavy (non-hydrogen) atoms. The zero-order chi connectivity index (χ0) is 19.3. The molecule has 0 saturated heterocycles. The number of phenolic OH excluding ortho intramolecular Hbond substituents is 1. The van der Waals surface area contributed by atoms with Crippen LogP contribution in [0.25, 0.3) is 21.7 Å². The normalized spacial score (nSPS) is 13.0. The average Bonchev–Trinajstić information content (AvgIpc) is 3.15. The van der Waals surface area contributed by atoms with Crippen molar-refractivity contribution in [1.82, 2.24) is 4.98 Å². The Balaban J connectivity index is 1.67. The summed E-state index contributed by atoms with van der Waals surface area (Å²) in [6.07, 6.45) is 2.72. The van der Waals surface area contributed by atoms with Gasteiger partial charge in [-0.2, -0.15) is 0 Å². The maximum Gasteiger partial charge on any atom is 0.256 e. The first-order valence-electron chi connectivity index (χ1n) is 9.25. The third-order valence-electron chi connectivity index (χ3n) is 5.35. The van der Waals surface area contributed by atoms with Gasteiger partial charge in [0.25, 0.3) is 5.91 Å². The molecule has 138 valence electrons. The Bertz CT molecular complexity index is 1270. The van der Waals surface area contributed by atoms with Crippen LogP contribution in [0.15, 0.2) is 54.6 Å². The number of hydrogen-bond acceptors (Lipinski definition) is 3. The third-order valence-corrected chi connectivity index (χ3v) is 5.58. The molecule has 5 rings (SSSR count). The van der Waals surface area contributed by atoms with E-state index in [4.69, 9.17) is 16.6 Å². The van der Waals surface area contributed by atoms with Gasteiger partial charge in [0.15, 0.2) is 0 Å². The SMILES string of the molecule is O=C(Nc1cccc2c(O)cccc12)c1c2c(nc3ccc(Cl)cc13)CCC2. The van der Waals surface area contributed by atoms with Crippen molar-refractivity contribution in [2.45, 2.75) is 19.3 Å². The Morgan fingerprint density at radius 2 is 1.82 bits per heavy atom. The van der Waals surface area contributed by atoms with Crippen LogP contribution in [0, 0.1) is 0 Å². The van der Waals surface area contributed by atoms with E-state index in [1.165, 1.54) is 0 Å². The van der Waals surface area contributed by atoms with Crippen LogP contribution in [-0.2, 0) is 12.8 Å². The van der Waals surface area contributed by atoms with Gasteiger partial charge < -0.3 is 10.4 Å². The fraction of sp³-hybridized carbons (Fsp3) is 0.130. The molecule has 0 bridgehead atoms. The number of nitrogens with one attached hydrogen (secondary N) is 1. The van der Waals surface area contributed by atoms with Gasteiger partial charge in [0.2, 0.25) is 0 Å². The summed E-state index contributed by atoms with van der Waals surface area (Å²) in [6.45, 7) is 0. The smallest absolute Gasteiger partial charge is 0.256 e. The zero-order valence-electron chi connectivity index (χ0n) is 15.0. The topological polar surface area (TPSA) is 62.2 Å². The number of fused-ring (bicyclic) bond motifs is 3. The second-order valence-electron chi connectivity index (χ2n) is 7.06. The Labute approximate surface area is 166 Å². The van der Waals surface area contributed by atoms with Crippen LogP contribution in [0.1, 0.15) is 28.0 Å². The fourth-order valence-electron chi connectivity index (χ4n) is 4.08. The van der Waals surface area contributed by atoms with Crippen molar-refractivity contribution in [2.24, 2.45) is 0 Å². The lowest BCUT2D eigenvalue weighted by Crippen LogP contribution is -2.16. The second-order valence-corrected chi connectivity index (χ2v) is 7.50. The van der Waals surface area contributed by atoms with Crippen LogP contribution in [0.3, 0.4) is 0 Å². The number of aromatic hydroxyl groups is 1. The first-order chi connectivity index (χ1) is 13.6. The number of carbonyl (C=O) groups excluding carboxylic acids is 1. The molecule has 1 amide bonds. The second kappa shape index (κ2) is 6.50. The highest BCUT2D eigenvalue weighted by Crippen LogP contribution is 2.34. The van der Waals surface area contributed by atoms with Crippen LogP contribution in [0.5, 0.6) is 5.75 Å². The lowest BCUT2D eigenvalue weighted by Gasteiger charge is -2.14. The number of rotatable bonds is 2. The standard InChI is InChI=1S/C23H17ClN2O2/c24-13-10-11-20-17(12-13)22(16-6-2-8-19(16)25-20)23(28)26-18-7-1-5-15-14(18)4-3-9-21(15)27/h1,3-5,7,9-12,27H,2,6,8H2,(H,26,28). The Hall–Kier alpha value is -3.11. The molecule has 5 heteroatoms. The van der Waals surface area contributed by atoms with E-state index in [1.807, 2.05) is 36.4 Å². The van der Waals surface area contributed by atoms with Crippen LogP contribution < -0.4 is 5.32 Å².